The molecule has 1 heterocycles. The van der Waals surface area contributed by atoms with Crippen LogP contribution in [0.1, 0.15) is 6.92 Å². The molecule has 0 aromatic heterocycles. The summed E-state index contributed by atoms with van der Waals surface area (Å²) in [6.45, 7) is 2.37. The zero-order valence-electron chi connectivity index (χ0n) is 7.83. The maximum atomic E-state index is 9.38. The lowest BCUT2D eigenvalue weighted by molar-refractivity contribution is 0.0530. The molecule has 0 bridgehead atoms. The molecule has 4 heteroatoms. The third kappa shape index (κ3) is 1.86. The van der Waals surface area contributed by atoms with Gasteiger partial charge in [-0.25, -0.2) is 0 Å². The van der Waals surface area contributed by atoms with E-state index < -0.39 is 6.10 Å². The maximum Gasteiger partial charge on any atom is 0.143 e. The third-order valence-electron chi connectivity index (χ3n) is 2.25. The smallest absolute Gasteiger partial charge is 0.143 e. The number of nitrogens with one attached hydrogen (secondary N) is 1. The standard InChI is InChI=1S/C10H12BrNO2/c1-6(13)10-5-12-8-4-7(11)2-3-9(8)14-10/h2-4,6,10,12-13H,5H2,1H3. The van der Waals surface area contributed by atoms with Crippen molar-refractivity contribution in [1.29, 1.82) is 0 Å². The number of hydrogen-bond donors (Lipinski definition) is 2. The van der Waals surface area contributed by atoms with Gasteiger partial charge in [0.05, 0.1) is 18.3 Å². The predicted octanol–water partition coefficient (Wildman–Crippen LogP) is 2.00. The Morgan fingerprint density at radius 1 is 1.64 bits per heavy atom. The van der Waals surface area contributed by atoms with Crippen molar-refractivity contribution >= 4 is 21.6 Å². The third-order valence-corrected chi connectivity index (χ3v) is 2.74. The minimum Gasteiger partial charge on any atom is -0.484 e. The highest BCUT2D eigenvalue weighted by atomic mass is 79.9. The number of ether oxygens (including phenoxy) is 1. The zero-order chi connectivity index (χ0) is 10.1. The van der Waals surface area contributed by atoms with Gasteiger partial charge in [0, 0.05) is 4.47 Å². The van der Waals surface area contributed by atoms with Gasteiger partial charge >= 0.3 is 0 Å². The fraction of sp³-hybridized carbons (Fsp3) is 0.400. The number of halogens is 1. The number of rotatable bonds is 1. The van der Waals surface area contributed by atoms with E-state index in [1.807, 2.05) is 18.2 Å². The lowest BCUT2D eigenvalue weighted by Gasteiger charge is -2.29. The van der Waals surface area contributed by atoms with E-state index in [1.54, 1.807) is 6.92 Å². The molecule has 1 aromatic rings. The summed E-state index contributed by atoms with van der Waals surface area (Å²) in [5.74, 6) is 0.797. The van der Waals surface area contributed by atoms with Gasteiger partial charge in [0.1, 0.15) is 11.9 Å². The van der Waals surface area contributed by atoms with Crippen LogP contribution in [-0.4, -0.2) is 23.9 Å². The van der Waals surface area contributed by atoms with Crippen LogP contribution in [0.3, 0.4) is 0 Å². The molecule has 0 radical (unpaired) electrons. The average molecular weight is 258 g/mol. The van der Waals surface area contributed by atoms with Crippen molar-refractivity contribution in [1.82, 2.24) is 0 Å². The van der Waals surface area contributed by atoms with Gasteiger partial charge in [-0.3, -0.25) is 0 Å². The van der Waals surface area contributed by atoms with Crippen LogP contribution in [0.4, 0.5) is 5.69 Å². The van der Waals surface area contributed by atoms with E-state index in [0.29, 0.717) is 6.54 Å². The first-order valence-corrected chi connectivity index (χ1v) is 5.34. The van der Waals surface area contributed by atoms with Gasteiger partial charge in [0.15, 0.2) is 0 Å². The minimum absolute atomic E-state index is 0.163. The molecular weight excluding hydrogens is 246 g/mol. The van der Waals surface area contributed by atoms with Crippen molar-refractivity contribution in [3.63, 3.8) is 0 Å². The Balaban J connectivity index is 2.23. The highest BCUT2D eigenvalue weighted by molar-refractivity contribution is 9.10. The molecule has 14 heavy (non-hydrogen) atoms. The van der Waals surface area contributed by atoms with Crippen molar-refractivity contribution < 1.29 is 9.84 Å². The van der Waals surface area contributed by atoms with Crippen molar-refractivity contribution in [2.45, 2.75) is 19.1 Å². The van der Waals surface area contributed by atoms with E-state index in [0.717, 1.165) is 15.9 Å². The summed E-state index contributed by atoms with van der Waals surface area (Å²) in [6, 6.07) is 5.78. The van der Waals surface area contributed by atoms with E-state index in [1.165, 1.54) is 0 Å². The number of aliphatic hydroxyl groups is 1. The van der Waals surface area contributed by atoms with Crippen LogP contribution >= 0.6 is 15.9 Å². The number of hydrogen-bond acceptors (Lipinski definition) is 3. The molecule has 0 aliphatic carbocycles. The minimum atomic E-state index is -0.459. The molecule has 3 nitrogen and oxygen atoms in total. The van der Waals surface area contributed by atoms with Gasteiger partial charge < -0.3 is 15.2 Å². The predicted molar refractivity (Wildman–Crippen MR) is 58.7 cm³/mol. The van der Waals surface area contributed by atoms with Gasteiger partial charge in [0.25, 0.3) is 0 Å². The maximum absolute atomic E-state index is 9.38. The largest absolute Gasteiger partial charge is 0.484 e. The van der Waals surface area contributed by atoms with E-state index in [-0.39, 0.29) is 6.10 Å². The Hall–Kier alpha value is -0.740. The number of benzene rings is 1. The molecule has 0 spiro atoms. The summed E-state index contributed by atoms with van der Waals surface area (Å²) in [5.41, 5.74) is 0.969. The first-order valence-electron chi connectivity index (χ1n) is 4.55. The quantitative estimate of drug-likeness (QED) is 0.809. The molecule has 0 amide bonds. The van der Waals surface area contributed by atoms with Crippen molar-refractivity contribution in [2.24, 2.45) is 0 Å². The second-order valence-corrected chi connectivity index (χ2v) is 4.33. The number of fused-ring (bicyclic) bond motifs is 1. The second-order valence-electron chi connectivity index (χ2n) is 3.42. The summed E-state index contributed by atoms with van der Waals surface area (Å²) in [5, 5.41) is 12.6. The molecule has 0 saturated carbocycles. The van der Waals surface area contributed by atoms with Gasteiger partial charge in [0.2, 0.25) is 0 Å². The first-order chi connectivity index (χ1) is 6.66. The van der Waals surface area contributed by atoms with Gasteiger partial charge in [-0.1, -0.05) is 15.9 Å². The summed E-state index contributed by atoms with van der Waals surface area (Å²) in [7, 11) is 0. The van der Waals surface area contributed by atoms with Gasteiger partial charge in [-0.2, -0.15) is 0 Å². The number of anilines is 1. The van der Waals surface area contributed by atoms with Crippen LogP contribution in [0.15, 0.2) is 22.7 Å². The zero-order valence-corrected chi connectivity index (χ0v) is 9.41. The van der Waals surface area contributed by atoms with E-state index in [9.17, 15) is 5.11 Å². The Kier molecular flexibility index (Phi) is 2.65. The van der Waals surface area contributed by atoms with E-state index in [2.05, 4.69) is 21.2 Å². The Bertz CT molecular complexity index is 341. The molecule has 2 N–H and O–H groups in total. The summed E-state index contributed by atoms with van der Waals surface area (Å²) >= 11 is 3.39. The lowest BCUT2D eigenvalue weighted by Crippen LogP contribution is -2.39. The fourth-order valence-electron chi connectivity index (χ4n) is 1.43. The monoisotopic (exact) mass is 257 g/mol. The molecule has 1 aromatic carbocycles. The van der Waals surface area contributed by atoms with Crippen LogP contribution in [0, 0.1) is 0 Å². The second kappa shape index (κ2) is 3.79. The van der Waals surface area contributed by atoms with Crippen LogP contribution in [-0.2, 0) is 0 Å². The molecule has 0 fully saturated rings. The van der Waals surface area contributed by atoms with Crippen LogP contribution < -0.4 is 10.1 Å². The Morgan fingerprint density at radius 2 is 2.43 bits per heavy atom. The van der Waals surface area contributed by atoms with E-state index >= 15 is 0 Å². The van der Waals surface area contributed by atoms with E-state index in [4.69, 9.17) is 4.74 Å². The molecule has 2 rings (SSSR count). The topological polar surface area (TPSA) is 41.5 Å². The molecule has 1 aliphatic heterocycles. The first kappa shape index (κ1) is 9.80. The average Bonchev–Trinajstić information content (AvgIpc) is 2.16. The number of aliphatic hydroxyl groups excluding tert-OH is 1. The van der Waals surface area contributed by atoms with Gasteiger partial charge in [-0.05, 0) is 25.1 Å². The lowest BCUT2D eigenvalue weighted by atomic mass is 10.1. The molecule has 0 saturated heterocycles. The Labute approximate surface area is 91.2 Å². The fourth-order valence-corrected chi connectivity index (χ4v) is 1.79. The SMILES string of the molecule is CC(O)C1CNc2cc(Br)ccc2O1. The van der Waals surface area contributed by atoms with Gasteiger partial charge in [-0.15, -0.1) is 0 Å². The highest BCUT2D eigenvalue weighted by Crippen LogP contribution is 2.32. The van der Waals surface area contributed by atoms with Crippen molar-refractivity contribution in [3.05, 3.63) is 22.7 Å². The summed E-state index contributed by atoms with van der Waals surface area (Å²) in [6.07, 6.45) is -0.622. The molecule has 1 aliphatic rings. The summed E-state index contributed by atoms with van der Waals surface area (Å²) in [4.78, 5) is 0. The molecular formula is C10H12BrNO2. The molecule has 76 valence electrons. The van der Waals surface area contributed by atoms with Crippen LogP contribution in [0.2, 0.25) is 0 Å². The van der Waals surface area contributed by atoms with Crippen molar-refractivity contribution in [3.8, 4) is 5.75 Å². The van der Waals surface area contributed by atoms with Crippen molar-refractivity contribution in [2.75, 3.05) is 11.9 Å². The normalized spacial score (nSPS) is 21.8. The van der Waals surface area contributed by atoms with Crippen LogP contribution in [0.5, 0.6) is 5.75 Å². The molecule has 2 unspecified atom stereocenters. The Morgan fingerprint density at radius 3 is 3.14 bits per heavy atom. The highest BCUT2D eigenvalue weighted by Gasteiger charge is 2.22. The summed E-state index contributed by atoms with van der Waals surface area (Å²) < 4.78 is 6.63. The van der Waals surface area contributed by atoms with Crippen LogP contribution in [0.25, 0.3) is 0 Å². The molecule has 2 atom stereocenters.